The Hall–Kier alpha value is -2.90. The molecule has 3 aromatic rings. The van der Waals surface area contributed by atoms with Gasteiger partial charge in [0, 0.05) is 16.7 Å². The number of hydrogen-bond donors (Lipinski definition) is 0. The van der Waals surface area contributed by atoms with Crippen molar-refractivity contribution >= 4 is 31.1 Å². The zero-order valence-corrected chi connectivity index (χ0v) is 25.1. The molecule has 0 radical (unpaired) electrons. The van der Waals surface area contributed by atoms with Crippen molar-refractivity contribution in [3.8, 4) is 0 Å². The van der Waals surface area contributed by atoms with E-state index in [1.54, 1.807) is 0 Å². The van der Waals surface area contributed by atoms with Gasteiger partial charge in [-0.1, -0.05) is 54.6 Å². The maximum absolute atomic E-state index is 13.3. The number of esters is 1. The van der Waals surface area contributed by atoms with E-state index >= 15 is 0 Å². The number of carbonyl (C=O) groups is 1. The lowest BCUT2D eigenvalue weighted by Gasteiger charge is -2.38. The van der Waals surface area contributed by atoms with Crippen LogP contribution in [0.5, 0.6) is 0 Å². The standard InChI is InChI=1S/C33H36B2O6/c1-29(2)30(3,4)39-34(38-29)22-13-15-25-20(18-22)17-21-19-23(35-40-31(5,6)32(7,8)41-35)14-16-26(21)33(25)27-12-10-9-11-24(27)28(36)37-33/h9-16,18-19H,17H2,1-8H3. The average Bonchev–Trinajstić information content (AvgIpc) is 3.41. The van der Waals surface area contributed by atoms with Crippen molar-refractivity contribution in [3.63, 3.8) is 0 Å². The molecule has 8 heteroatoms. The van der Waals surface area contributed by atoms with Gasteiger partial charge in [-0.05, 0) is 89.9 Å². The molecule has 0 unspecified atom stereocenters. The summed E-state index contributed by atoms with van der Waals surface area (Å²) in [5, 5.41) is 0. The summed E-state index contributed by atoms with van der Waals surface area (Å²) in [5.74, 6) is -0.315. The maximum atomic E-state index is 13.3. The molecular formula is C33H36B2O6. The van der Waals surface area contributed by atoms with E-state index in [2.05, 4.69) is 79.7 Å². The number of ether oxygens (including phenoxy) is 1. The molecule has 0 atom stereocenters. The first kappa shape index (κ1) is 27.0. The first-order valence-electron chi connectivity index (χ1n) is 14.5. The lowest BCUT2D eigenvalue weighted by atomic mass is 9.67. The molecule has 1 spiro atoms. The fraction of sp³-hybridized carbons (Fsp3) is 0.424. The van der Waals surface area contributed by atoms with E-state index in [1.807, 2.05) is 36.4 Å². The molecule has 0 saturated carbocycles. The van der Waals surface area contributed by atoms with Crippen molar-refractivity contribution < 1.29 is 28.1 Å². The highest BCUT2D eigenvalue weighted by Crippen LogP contribution is 2.52. The van der Waals surface area contributed by atoms with Gasteiger partial charge in [0.1, 0.15) is 0 Å². The quantitative estimate of drug-likeness (QED) is 0.342. The second-order valence-electron chi connectivity index (χ2n) is 13.8. The van der Waals surface area contributed by atoms with Gasteiger partial charge in [-0.15, -0.1) is 0 Å². The van der Waals surface area contributed by atoms with Crippen molar-refractivity contribution in [2.45, 2.75) is 89.8 Å². The van der Waals surface area contributed by atoms with Crippen molar-refractivity contribution in [3.05, 3.63) is 94.0 Å². The molecule has 210 valence electrons. The summed E-state index contributed by atoms with van der Waals surface area (Å²) in [6.07, 6.45) is 0.660. The van der Waals surface area contributed by atoms with E-state index in [0.717, 1.165) is 38.7 Å². The Kier molecular flexibility index (Phi) is 5.49. The van der Waals surface area contributed by atoms with Gasteiger partial charge in [-0.3, -0.25) is 0 Å². The van der Waals surface area contributed by atoms with Crippen LogP contribution in [0.3, 0.4) is 0 Å². The van der Waals surface area contributed by atoms with Gasteiger partial charge in [-0.2, -0.15) is 0 Å². The van der Waals surface area contributed by atoms with Crippen LogP contribution >= 0.6 is 0 Å². The Bertz CT molecular complexity index is 1490. The van der Waals surface area contributed by atoms with E-state index in [4.69, 9.17) is 23.4 Å². The number of benzene rings is 3. The van der Waals surface area contributed by atoms with Crippen LogP contribution in [0.4, 0.5) is 0 Å². The van der Waals surface area contributed by atoms with E-state index in [-0.39, 0.29) is 5.97 Å². The Balaban J connectivity index is 1.37. The molecule has 1 aliphatic carbocycles. The molecular weight excluding hydrogens is 514 g/mol. The summed E-state index contributed by atoms with van der Waals surface area (Å²) < 4.78 is 32.0. The van der Waals surface area contributed by atoms with Gasteiger partial charge in [0.15, 0.2) is 5.60 Å². The third-order valence-electron chi connectivity index (χ3n) is 10.2. The van der Waals surface area contributed by atoms with Crippen LogP contribution in [-0.4, -0.2) is 42.6 Å². The van der Waals surface area contributed by atoms with Gasteiger partial charge in [0.2, 0.25) is 0 Å². The Labute approximate surface area is 243 Å². The van der Waals surface area contributed by atoms with E-state index in [0.29, 0.717) is 12.0 Å². The first-order chi connectivity index (χ1) is 19.2. The van der Waals surface area contributed by atoms with Gasteiger partial charge in [-0.25, -0.2) is 4.79 Å². The second kappa shape index (κ2) is 8.35. The fourth-order valence-electron chi connectivity index (χ4n) is 6.43. The van der Waals surface area contributed by atoms with Crippen LogP contribution < -0.4 is 10.9 Å². The minimum atomic E-state index is -1.04. The molecule has 2 saturated heterocycles. The molecule has 3 heterocycles. The number of carbonyl (C=O) groups excluding carboxylic acids is 1. The molecule has 41 heavy (non-hydrogen) atoms. The summed E-state index contributed by atoms with van der Waals surface area (Å²) in [6, 6.07) is 20.2. The van der Waals surface area contributed by atoms with Crippen molar-refractivity contribution in [1.82, 2.24) is 0 Å². The molecule has 0 aromatic heterocycles. The zero-order valence-electron chi connectivity index (χ0n) is 25.1. The van der Waals surface area contributed by atoms with E-state index < -0.39 is 42.2 Å². The van der Waals surface area contributed by atoms with Gasteiger partial charge >= 0.3 is 20.2 Å². The summed E-state index contributed by atoms with van der Waals surface area (Å²) in [4.78, 5) is 13.3. The highest BCUT2D eigenvalue weighted by molar-refractivity contribution is 6.62. The summed E-state index contributed by atoms with van der Waals surface area (Å²) >= 11 is 0. The molecule has 0 bridgehead atoms. The lowest BCUT2D eigenvalue weighted by molar-refractivity contribution is 0.00578. The number of hydrogen-bond acceptors (Lipinski definition) is 6. The molecule has 3 aromatic carbocycles. The molecule has 7 rings (SSSR count). The highest BCUT2D eigenvalue weighted by Gasteiger charge is 2.55. The third kappa shape index (κ3) is 3.70. The molecule has 4 aliphatic rings. The SMILES string of the molecule is CC1(C)OB(c2ccc3c(c2)Cc2cc(B4OC(C)(C)C(C)(C)O4)ccc2C32OC(=O)c3ccccc32)OC1(C)C. The monoisotopic (exact) mass is 550 g/mol. The normalized spacial score (nSPS) is 23.8. The largest absolute Gasteiger partial charge is 0.494 e. The molecule has 0 N–H and O–H groups in total. The smallest absolute Gasteiger partial charge is 0.441 e. The average molecular weight is 550 g/mol. The minimum Gasteiger partial charge on any atom is -0.441 e. The molecule has 6 nitrogen and oxygen atoms in total. The first-order valence-corrected chi connectivity index (χ1v) is 14.5. The molecule has 0 amide bonds. The van der Waals surface area contributed by atoms with Crippen molar-refractivity contribution in [2.24, 2.45) is 0 Å². The van der Waals surface area contributed by atoms with Crippen LogP contribution in [0, 0.1) is 0 Å². The third-order valence-corrected chi connectivity index (χ3v) is 10.2. The lowest BCUT2D eigenvalue weighted by Crippen LogP contribution is -2.41. The number of rotatable bonds is 2. The zero-order chi connectivity index (χ0) is 29.2. The second-order valence-corrected chi connectivity index (χ2v) is 13.8. The van der Waals surface area contributed by atoms with Gasteiger partial charge < -0.3 is 23.4 Å². The minimum absolute atomic E-state index is 0.315. The van der Waals surface area contributed by atoms with Crippen molar-refractivity contribution in [2.75, 3.05) is 0 Å². The maximum Gasteiger partial charge on any atom is 0.494 e. The Morgan fingerprint density at radius 1 is 0.585 bits per heavy atom. The Morgan fingerprint density at radius 3 is 1.49 bits per heavy atom. The highest BCUT2D eigenvalue weighted by atomic mass is 16.7. The van der Waals surface area contributed by atoms with Crippen LogP contribution in [0.15, 0.2) is 60.7 Å². The molecule has 3 aliphatic heterocycles. The van der Waals surface area contributed by atoms with Crippen LogP contribution in [0.1, 0.15) is 93.6 Å². The Morgan fingerprint density at radius 2 is 1.02 bits per heavy atom. The van der Waals surface area contributed by atoms with E-state index in [1.165, 1.54) is 0 Å². The summed E-state index contributed by atoms with van der Waals surface area (Å²) in [6.45, 7) is 16.5. The van der Waals surface area contributed by atoms with Crippen LogP contribution in [0.2, 0.25) is 0 Å². The van der Waals surface area contributed by atoms with Crippen molar-refractivity contribution in [1.29, 1.82) is 0 Å². The predicted octanol–water partition coefficient (Wildman–Crippen LogP) is 4.65. The van der Waals surface area contributed by atoms with Gasteiger partial charge in [0.05, 0.1) is 28.0 Å². The number of fused-ring (bicyclic) bond motifs is 6. The predicted molar refractivity (Wildman–Crippen MR) is 159 cm³/mol. The fourth-order valence-corrected chi connectivity index (χ4v) is 6.43. The molecule has 2 fully saturated rings. The van der Waals surface area contributed by atoms with Crippen LogP contribution in [0.25, 0.3) is 0 Å². The van der Waals surface area contributed by atoms with Gasteiger partial charge in [0.25, 0.3) is 0 Å². The van der Waals surface area contributed by atoms with Crippen LogP contribution in [-0.2, 0) is 35.4 Å². The topological polar surface area (TPSA) is 63.2 Å². The summed E-state index contributed by atoms with van der Waals surface area (Å²) in [7, 11) is -0.978. The van der Waals surface area contributed by atoms with E-state index in [9.17, 15) is 4.79 Å². The summed E-state index contributed by atoms with van der Waals surface area (Å²) in [5.41, 5.74) is 4.59.